The molecule has 5 heteroatoms. The van der Waals surface area contributed by atoms with Crippen molar-refractivity contribution in [3.63, 3.8) is 0 Å². The maximum Gasteiger partial charge on any atom is 0.410 e. The van der Waals surface area contributed by atoms with Gasteiger partial charge in [0.2, 0.25) is 0 Å². The number of nitrogens with two attached hydrogens (primary N) is 1. The fourth-order valence-electron chi connectivity index (χ4n) is 1.82. The maximum atomic E-state index is 11.9. The van der Waals surface area contributed by atoms with E-state index in [-0.39, 0.29) is 6.09 Å². The molecular weight excluding hydrogens is 206 g/mol. The largest absolute Gasteiger partial charge is 0.442 e. The lowest BCUT2D eigenvalue weighted by Crippen LogP contribution is -2.57. The van der Waals surface area contributed by atoms with E-state index in [0.29, 0.717) is 31.7 Å². The first-order valence-electron chi connectivity index (χ1n) is 5.78. The summed E-state index contributed by atoms with van der Waals surface area (Å²) in [6.45, 7) is 9.46. The number of nitrogens with zero attached hydrogens (tertiary/aromatic N) is 1. The summed E-state index contributed by atoms with van der Waals surface area (Å²) in [7, 11) is 0. The van der Waals surface area contributed by atoms with Crippen LogP contribution in [0.5, 0.6) is 0 Å². The minimum Gasteiger partial charge on any atom is -0.442 e. The molecule has 1 aliphatic rings. The highest BCUT2D eigenvalue weighted by molar-refractivity contribution is 5.68. The first-order valence-corrected chi connectivity index (χ1v) is 5.78. The zero-order valence-electron chi connectivity index (χ0n) is 10.6. The van der Waals surface area contributed by atoms with Gasteiger partial charge in [-0.05, 0) is 27.7 Å². The molecule has 1 rings (SSSR count). The van der Waals surface area contributed by atoms with E-state index in [1.54, 1.807) is 4.90 Å². The molecule has 1 fully saturated rings. The third kappa shape index (κ3) is 3.64. The van der Waals surface area contributed by atoms with Crippen LogP contribution < -0.4 is 11.1 Å². The summed E-state index contributed by atoms with van der Waals surface area (Å²) in [5.41, 5.74) is 4.94. The lowest BCUT2D eigenvalue weighted by molar-refractivity contribution is 0.0113. The molecule has 3 N–H and O–H groups in total. The van der Waals surface area contributed by atoms with Crippen LogP contribution in [0.2, 0.25) is 0 Å². The molecule has 2 atom stereocenters. The second-order valence-corrected chi connectivity index (χ2v) is 5.21. The minimum atomic E-state index is -0.589. The van der Waals surface area contributed by atoms with Crippen molar-refractivity contribution in [2.24, 2.45) is 5.73 Å². The monoisotopic (exact) mass is 229 g/mol. The number of amides is 1. The molecule has 1 saturated heterocycles. The van der Waals surface area contributed by atoms with Crippen LogP contribution in [0.15, 0.2) is 0 Å². The first kappa shape index (κ1) is 13.3. The topological polar surface area (TPSA) is 67.6 Å². The zero-order chi connectivity index (χ0) is 12.3. The van der Waals surface area contributed by atoms with Crippen LogP contribution in [0.1, 0.15) is 27.7 Å². The minimum absolute atomic E-state index is 0.268. The smallest absolute Gasteiger partial charge is 0.410 e. The van der Waals surface area contributed by atoms with Crippen molar-refractivity contribution in [1.82, 2.24) is 10.2 Å². The predicted molar refractivity (Wildman–Crippen MR) is 63.2 cm³/mol. The van der Waals surface area contributed by atoms with Gasteiger partial charge in [-0.25, -0.2) is 4.79 Å². The Morgan fingerprint density at radius 3 is 2.38 bits per heavy atom. The van der Waals surface area contributed by atoms with Crippen LogP contribution in [-0.2, 0) is 4.74 Å². The van der Waals surface area contributed by atoms with Gasteiger partial charge in [0.25, 0.3) is 0 Å². The van der Waals surface area contributed by atoms with Gasteiger partial charge in [-0.2, -0.15) is 0 Å². The van der Waals surface area contributed by atoms with Crippen LogP contribution in [0.3, 0.4) is 0 Å². The summed E-state index contributed by atoms with van der Waals surface area (Å²) >= 11 is 0. The van der Waals surface area contributed by atoms with Gasteiger partial charge in [0, 0.05) is 31.7 Å². The van der Waals surface area contributed by atoms with E-state index in [1.165, 1.54) is 0 Å². The summed E-state index contributed by atoms with van der Waals surface area (Å²) in [5, 5.41) is 3.37. The van der Waals surface area contributed by atoms with Crippen molar-refractivity contribution >= 4 is 6.09 Å². The quantitative estimate of drug-likeness (QED) is 0.725. The summed E-state index contributed by atoms with van der Waals surface area (Å²) in [5.74, 6) is 0. The summed E-state index contributed by atoms with van der Waals surface area (Å²) < 4.78 is 5.36. The van der Waals surface area contributed by atoms with Crippen molar-refractivity contribution in [3.8, 4) is 0 Å². The highest BCUT2D eigenvalue weighted by atomic mass is 16.6. The number of nitrogens with one attached hydrogen (secondary N) is 1. The zero-order valence-corrected chi connectivity index (χ0v) is 10.6. The third-order valence-corrected chi connectivity index (χ3v) is 2.67. The van der Waals surface area contributed by atoms with E-state index >= 15 is 0 Å². The molecule has 0 aromatic rings. The molecule has 94 valence electrons. The molecular formula is C11H23N3O2. The lowest BCUT2D eigenvalue weighted by Gasteiger charge is -2.37. The number of hydrogen-bond donors (Lipinski definition) is 2. The summed E-state index contributed by atoms with van der Waals surface area (Å²) in [6.07, 6.45) is -0.268. The molecule has 0 aromatic heterocycles. The molecule has 0 unspecified atom stereocenters. The van der Waals surface area contributed by atoms with Crippen LogP contribution in [0.4, 0.5) is 4.79 Å². The molecule has 1 amide bonds. The number of ether oxygens (including phenoxy) is 1. The highest BCUT2D eigenvalue weighted by Gasteiger charge is 2.29. The normalized spacial score (nSPS) is 26.7. The molecule has 0 bridgehead atoms. The number of carbonyl (C=O) groups excluding carboxylic acids is 1. The first-order chi connectivity index (χ1) is 7.34. The Hall–Kier alpha value is -0.810. The number of piperazine rings is 1. The molecule has 5 nitrogen and oxygen atoms in total. The Balaban J connectivity index is 2.53. The summed E-state index contributed by atoms with van der Waals surface area (Å²) in [4.78, 5) is 13.6. The molecule has 0 aliphatic carbocycles. The molecule has 0 saturated carbocycles. The van der Waals surface area contributed by atoms with Crippen LogP contribution in [0, 0.1) is 0 Å². The molecule has 0 aromatic carbocycles. The van der Waals surface area contributed by atoms with E-state index in [4.69, 9.17) is 10.5 Å². The van der Waals surface area contributed by atoms with Gasteiger partial charge < -0.3 is 20.7 Å². The predicted octanol–water partition coefficient (Wildman–Crippen LogP) is 0.543. The van der Waals surface area contributed by atoms with Gasteiger partial charge in [0.1, 0.15) is 5.60 Å². The summed E-state index contributed by atoms with van der Waals surface area (Å²) in [6, 6.07) is 0.606. The van der Waals surface area contributed by atoms with Crippen LogP contribution >= 0.6 is 0 Å². The van der Waals surface area contributed by atoms with E-state index in [9.17, 15) is 4.79 Å². The number of hydrogen-bond acceptors (Lipinski definition) is 4. The fraction of sp³-hybridized carbons (Fsp3) is 0.909. The SMILES string of the molecule is C[C@@H]1CN(C(=O)OC(C)(C)CN)C[C@@H](C)N1. The van der Waals surface area contributed by atoms with Gasteiger partial charge in [0.15, 0.2) is 0 Å². The van der Waals surface area contributed by atoms with Crippen LogP contribution in [0.25, 0.3) is 0 Å². The van der Waals surface area contributed by atoms with Gasteiger partial charge >= 0.3 is 6.09 Å². The Morgan fingerprint density at radius 2 is 1.94 bits per heavy atom. The lowest BCUT2D eigenvalue weighted by atomic mass is 10.1. The Morgan fingerprint density at radius 1 is 1.44 bits per heavy atom. The number of rotatable bonds is 2. The standard InChI is InChI=1S/C11H23N3O2/c1-8-5-14(6-9(2)13-8)10(15)16-11(3,4)7-12/h8-9,13H,5-7,12H2,1-4H3/t8-,9-/m1/s1. The van der Waals surface area contributed by atoms with Gasteiger partial charge in [-0.1, -0.05) is 0 Å². The fourth-order valence-corrected chi connectivity index (χ4v) is 1.82. The van der Waals surface area contributed by atoms with Crippen molar-refractivity contribution in [2.75, 3.05) is 19.6 Å². The average molecular weight is 229 g/mol. The van der Waals surface area contributed by atoms with Gasteiger partial charge in [-0.3, -0.25) is 0 Å². The number of carbonyl (C=O) groups is 1. The Kier molecular flexibility index (Phi) is 4.15. The molecule has 1 heterocycles. The maximum absolute atomic E-state index is 11.9. The van der Waals surface area contributed by atoms with Crippen LogP contribution in [-0.4, -0.2) is 48.3 Å². The van der Waals surface area contributed by atoms with Crippen molar-refractivity contribution in [1.29, 1.82) is 0 Å². The van der Waals surface area contributed by atoms with E-state index in [2.05, 4.69) is 19.2 Å². The Bertz CT molecular complexity index is 246. The third-order valence-electron chi connectivity index (χ3n) is 2.67. The molecule has 16 heavy (non-hydrogen) atoms. The van der Waals surface area contributed by atoms with E-state index in [0.717, 1.165) is 0 Å². The van der Waals surface area contributed by atoms with Crippen molar-refractivity contribution in [3.05, 3.63) is 0 Å². The highest BCUT2D eigenvalue weighted by Crippen LogP contribution is 2.12. The molecule has 1 aliphatic heterocycles. The average Bonchev–Trinajstić information content (AvgIpc) is 2.15. The van der Waals surface area contributed by atoms with Gasteiger partial charge in [0.05, 0.1) is 0 Å². The van der Waals surface area contributed by atoms with Crippen molar-refractivity contribution < 1.29 is 9.53 Å². The van der Waals surface area contributed by atoms with Gasteiger partial charge in [-0.15, -0.1) is 0 Å². The second kappa shape index (κ2) is 5.01. The second-order valence-electron chi connectivity index (χ2n) is 5.21. The van der Waals surface area contributed by atoms with Crippen molar-refractivity contribution in [2.45, 2.75) is 45.4 Å². The van der Waals surface area contributed by atoms with E-state index < -0.39 is 5.60 Å². The molecule has 0 radical (unpaired) electrons. The molecule has 0 spiro atoms. The van der Waals surface area contributed by atoms with E-state index in [1.807, 2.05) is 13.8 Å². The Labute approximate surface area is 97.3 Å².